The van der Waals surface area contributed by atoms with Gasteiger partial charge in [-0.1, -0.05) is 0 Å². The molecule has 3 aromatic rings. The highest BCUT2D eigenvalue weighted by Gasteiger charge is 2.07. The maximum atomic E-state index is 4.26. The van der Waals surface area contributed by atoms with Crippen LogP contribution in [0.2, 0.25) is 0 Å². The van der Waals surface area contributed by atoms with Crippen molar-refractivity contribution in [2.45, 2.75) is 6.42 Å². The molecule has 3 heterocycles. The van der Waals surface area contributed by atoms with Crippen LogP contribution in [0.25, 0.3) is 11.0 Å². The number of hydrogen-bond donors (Lipinski definition) is 1. The summed E-state index contributed by atoms with van der Waals surface area (Å²) in [6.45, 7) is 0.792. The number of nitrogens with one attached hydrogen (secondary N) is 1. The van der Waals surface area contributed by atoms with Gasteiger partial charge >= 0.3 is 0 Å². The fraction of sp³-hybridized carbons (Fsp3) is 0.333. The smallest absolute Gasteiger partial charge is 0.163 e. The topological polar surface area (TPSA) is 73.5 Å². The van der Waals surface area contributed by atoms with E-state index in [4.69, 9.17) is 0 Å². The van der Waals surface area contributed by atoms with E-state index in [0.29, 0.717) is 0 Å². The fourth-order valence-electron chi connectivity index (χ4n) is 2.06. The molecule has 0 fully saturated rings. The highest BCUT2D eigenvalue weighted by molar-refractivity contribution is 5.85. The normalized spacial score (nSPS) is 11.1. The first kappa shape index (κ1) is 11.6. The van der Waals surface area contributed by atoms with Crippen LogP contribution in [0.4, 0.5) is 5.82 Å². The van der Waals surface area contributed by atoms with Crippen LogP contribution in [0.1, 0.15) is 5.69 Å². The third-order valence-corrected chi connectivity index (χ3v) is 3.13. The van der Waals surface area contributed by atoms with Crippen LogP contribution in [0.5, 0.6) is 0 Å². The van der Waals surface area contributed by atoms with Gasteiger partial charge in [0.2, 0.25) is 0 Å². The Morgan fingerprint density at radius 3 is 2.84 bits per heavy atom. The van der Waals surface area contributed by atoms with Gasteiger partial charge in [-0.25, -0.2) is 9.97 Å². The minimum absolute atomic E-state index is 0.792. The van der Waals surface area contributed by atoms with E-state index >= 15 is 0 Å². The van der Waals surface area contributed by atoms with Gasteiger partial charge in [0.15, 0.2) is 5.65 Å². The SMILES string of the molecule is Cn1nccc1CCNc1ncnc2c1cnn2C. The molecule has 0 saturated carbocycles. The molecule has 0 amide bonds. The number of nitrogens with zero attached hydrogens (tertiary/aromatic N) is 6. The Balaban J connectivity index is 1.74. The van der Waals surface area contributed by atoms with Gasteiger partial charge in [-0.15, -0.1) is 0 Å². The molecule has 0 spiro atoms. The van der Waals surface area contributed by atoms with Crippen molar-refractivity contribution >= 4 is 16.9 Å². The summed E-state index contributed by atoms with van der Waals surface area (Å²) >= 11 is 0. The maximum absolute atomic E-state index is 4.26. The summed E-state index contributed by atoms with van der Waals surface area (Å²) in [6.07, 6.45) is 6.03. The van der Waals surface area contributed by atoms with Gasteiger partial charge < -0.3 is 5.32 Å². The van der Waals surface area contributed by atoms with E-state index in [1.807, 2.05) is 24.8 Å². The average molecular weight is 257 g/mol. The van der Waals surface area contributed by atoms with E-state index in [1.54, 1.807) is 23.4 Å². The summed E-state index contributed by atoms with van der Waals surface area (Å²) in [6, 6.07) is 2.02. The van der Waals surface area contributed by atoms with Crippen LogP contribution >= 0.6 is 0 Å². The van der Waals surface area contributed by atoms with Gasteiger partial charge in [0, 0.05) is 39.0 Å². The van der Waals surface area contributed by atoms with Crippen molar-refractivity contribution in [2.24, 2.45) is 14.1 Å². The Morgan fingerprint density at radius 1 is 1.16 bits per heavy atom. The molecule has 0 bridgehead atoms. The minimum atomic E-state index is 0.792. The number of rotatable bonds is 4. The molecule has 98 valence electrons. The monoisotopic (exact) mass is 257 g/mol. The van der Waals surface area contributed by atoms with Crippen LogP contribution in [0, 0.1) is 0 Å². The molecule has 0 aromatic carbocycles. The first-order chi connectivity index (χ1) is 9.25. The van der Waals surface area contributed by atoms with E-state index in [0.717, 1.165) is 29.8 Å². The highest BCUT2D eigenvalue weighted by Crippen LogP contribution is 2.17. The van der Waals surface area contributed by atoms with Gasteiger partial charge in [-0.05, 0) is 6.07 Å². The van der Waals surface area contributed by atoms with E-state index in [2.05, 4.69) is 25.5 Å². The van der Waals surface area contributed by atoms with Gasteiger partial charge in [0.05, 0.1) is 11.6 Å². The highest BCUT2D eigenvalue weighted by atomic mass is 15.3. The van der Waals surface area contributed by atoms with Gasteiger partial charge in [-0.2, -0.15) is 10.2 Å². The molecule has 3 rings (SSSR count). The second-order valence-electron chi connectivity index (χ2n) is 4.35. The Labute approximate surface area is 110 Å². The molecule has 0 atom stereocenters. The first-order valence-electron chi connectivity index (χ1n) is 6.09. The largest absolute Gasteiger partial charge is 0.369 e. The van der Waals surface area contributed by atoms with Crippen LogP contribution in [0.15, 0.2) is 24.8 Å². The number of anilines is 1. The average Bonchev–Trinajstić information content (AvgIpc) is 2.98. The maximum Gasteiger partial charge on any atom is 0.163 e. The van der Waals surface area contributed by atoms with Crippen molar-refractivity contribution in [1.29, 1.82) is 0 Å². The molecular weight excluding hydrogens is 242 g/mol. The molecule has 7 heteroatoms. The molecule has 0 unspecified atom stereocenters. The zero-order chi connectivity index (χ0) is 13.2. The Morgan fingerprint density at radius 2 is 2.05 bits per heavy atom. The van der Waals surface area contributed by atoms with E-state index < -0.39 is 0 Å². The lowest BCUT2D eigenvalue weighted by molar-refractivity contribution is 0.711. The second-order valence-corrected chi connectivity index (χ2v) is 4.35. The Hall–Kier alpha value is -2.44. The third-order valence-electron chi connectivity index (χ3n) is 3.13. The van der Waals surface area contributed by atoms with E-state index in [-0.39, 0.29) is 0 Å². The first-order valence-corrected chi connectivity index (χ1v) is 6.09. The zero-order valence-corrected chi connectivity index (χ0v) is 10.9. The molecule has 0 saturated heterocycles. The van der Waals surface area contributed by atoms with E-state index in [1.165, 1.54) is 5.69 Å². The number of hydrogen-bond acceptors (Lipinski definition) is 5. The zero-order valence-electron chi connectivity index (χ0n) is 10.9. The summed E-state index contributed by atoms with van der Waals surface area (Å²) in [5.74, 6) is 0.820. The number of aromatic nitrogens is 6. The van der Waals surface area contributed by atoms with Crippen molar-refractivity contribution in [1.82, 2.24) is 29.5 Å². The molecule has 0 radical (unpaired) electrons. The van der Waals surface area contributed by atoms with E-state index in [9.17, 15) is 0 Å². The third kappa shape index (κ3) is 2.14. The van der Waals surface area contributed by atoms with Crippen molar-refractivity contribution in [3.05, 3.63) is 30.5 Å². The molecule has 0 aliphatic rings. The summed E-state index contributed by atoms with van der Waals surface area (Å²) < 4.78 is 3.62. The quantitative estimate of drug-likeness (QED) is 0.746. The van der Waals surface area contributed by atoms with Crippen molar-refractivity contribution in [2.75, 3.05) is 11.9 Å². The Bertz CT molecular complexity index is 697. The Kier molecular flexibility index (Phi) is 2.86. The van der Waals surface area contributed by atoms with Crippen LogP contribution in [-0.2, 0) is 20.5 Å². The van der Waals surface area contributed by atoms with Gasteiger partial charge in [-0.3, -0.25) is 9.36 Å². The minimum Gasteiger partial charge on any atom is -0.369 e. The van der Waals surface area contributed by atoms with Crippen LogP contribution < -0.4 is 5.32 Å². The lowest BCUT2D eigenvalue weighted by atomic mass is 10.3. The molecule has 0 aliphatic carbocycles. The predicted molar refractivity (Wildman–Crippen MR) is 71.7 cm³/mol. The molecule has 1 N–H and O–H groups in total. The lowest BCUT2D eigenvalue weighted by Gasteiger charge is -2.06. The number of aryl methyl sites for hydroxylation is 2. The van der Waals surface area contributed by atoms with Crippen molar-refractivity contribution in [3.8, 4) is 0 Å². The second kappa shape index (κ2) is 4.68. The van der Waals surface area contributed by atoms with Gasteiger partial charge in [0.1, 0.15) is 12.1 Å². The molecular formula is C12H15N7. The summed E-state index contributed by atoms with van der Waals surface area (Å²) in [7, 11) is 3.81. The van der Waals surface area contributed by atoms with Crippen LogP contribution in [-0.4, -0.2) is 36.1 Å². The summed E-state index contributed by atoms with van der Waals surface area (Å²) in [5.41, 5.74) is 2.02. The molecule has 0 aliphatic heterocycles. The molecule has 7 nitrogen and oxygen atoms in total. The predicted octanol–water partition coefficient (Wildman–Crippen LogP) is 0.751. The van der Waals surface area contributed by atoms with Crippen LogP contribution in [0.3, 0.4) is 0 Å². The van der Waals surface area contributed by atoms with Crippen molar-refractivity contribution < 1.29 is 0 Å². The van der Waals surface area contributed by atoms with Gasteiger partial charge in [0.25, 0.3) is 0 Å². The molecule has 19 heavy (non-hydrogen) atoms. The lowest BCUT2D eigenvalue weighted by Crippen LogP contribution is -2.09. The number of fused-ring (bicyclic) bond motifs is 1. The standard InChI is InChI=1S/C12H15N7/c1-18-9(4-6-16-18)3-5-13-11-10-7-17-19(2)12(10)15-8-14-11/h4,6-8H,3,5H2,1-2H3,(H,13,14,15). The summed E-state index contributed by atoms with van der Waals surface area (Å²) in [4.78, 5) is 8.47. The molecule has 3 aromatic heterocycles. The summed E-state index contributed by atoms with van der Waals surface area (Å²) in [5, 5.41) is 12.6. The van der Waals surface area contributed by atoms with Crippen molar-refractivity contribution in [3.63, 3.8) is 0 Å². The fourth-order valence-corrected chi connectivity index (χ4v) is 2.06.